The number of methoxy groups -OCH3 is 2. The van der Waals surface area contributed by atoms with Gasteiger partial charge in [0.1, 0.15) is 30.2 Å². The standard InChI is InChI=1S/C17H23NO8/c1-17(2)23-9-12-13(26-17)14(21-3)15(22-4)16(25-12)24-11-7-5-10(6-8-11)18(19)20/h5-8,12-16H,9H2,1-4H3/t12-,13+,14+,15-,16-/m1/s1. The highest BCUT2D eigenvalue weighted by Gasteiger charge is 2.52. The van der Waals surface area contributed by atoms with Crippen LogP contribution in [0.4, 0.5) is 5.69 Å². The van der Waals surface area contributed by atoms with E-state index >= 15 is 0 Å². The first-order valence-electron chi connectivity index (χ1n) is 8.28. The van der Waals surface area contributed by atoms with Crippen molar-refractivity contribution in [1.82, 2.24) is 0 Å². The molecule has 5 atom stereocenters. The fourth-order valence-electron chi connectivity index (χ4n) is 3.19. The van der Waals surface area contributed by atoms with Crippen molar-refractivity contribution >= 4 is 5.69 Å². The van der Waals surface area contributed by atoms with Gasteiger partial charge in [-0.2, -0.15) is 0 Å². The molecule has 2 aliphatic heterocycles. The second-order valence-corrected chi connectivity index (χ2v) is 6.61. The molecule has 2 aliphatic rings. The van der Waals surface area contributed by atoms with Crippen LogP contribution in [0.25, 0.3) is 0 Å². The van der Waals surface area contributed by atoms with Gasteiger partial charge in [-0.25, -0.2) is 0 Å². The smallest absolute Gasteiger partial charge is 0.269 e. The highest BCUT2D eigenvalue weighted by molar-refractivity contribution is 5.36. The fraction of sp³-hybridized carbons (Fsp3) is 0.647. The van der Waals surface area contributed by atoms with E-state index in [9.17, 15) is 10.1 Å². The quantitative estimate of drug-likeness (QED) is 0.573. The van der Waals surface area contributed by atoms with Crippen LogP contribution in [0.1, 0.15) is 13.8 Å². The van der Waals surface area contributed by atoms with Gasteiger partial charge in [-0.15, -0.1) is 0 Å². The van der Waals surface area contributed by atoms with Gasteiger partial charge in [0.25, 0.3) is 5.69 Å². The molecule has 0 aromatic heterocycles. The second-order valence-electron chi connectivity index (χ2n) is 6.61. The molecule has 9 nitrogen and oxygen atoms in total. The van der Waals surface area contributed by atoms with Gasteiger partial charge in [0.05, 0.1) is 11.5 Å². The normalized spacial score (nSPS) is 33.3. The third-order valence-electron chi connectivity index (χ3n) is 4.45. The van der Waals surface area contributed by atoms with Crippen molar-refractivity contribution in [3.63, 3.8) is 0 Å². The topological polar surface area (TPSA) is 98.5 Å². The molecule has 1 aromatic carbocycles. The van der Waals surface area contributed by atoms with Crippen molar-refractivity contribution in [2.75, 3.05) is 20.8 Å². The lowest BCUT2D eigenvalue weighted by molar-refractivity contribution is -0.385. The number of ether oxygens (including phenoxy) is 6. The van der Waals surface area contributed by atoms with Gasteiger partial charge >= 0.3 is 0 Å². The first-order chi connectivity index (χ1) is 12.3. The third-order valence-corrected chi connectivity index (χ3v) is 4.45. The van der Waals surface area contributed by atoms with Crippen LogP contribution in [-0.2, 0) is 23.7 Å². The molecule has 0 amide bonds. The van der Waals surface area contributed by atoms with E-state index in [2.05, 4.69) is 0 Å². The van der Waals surface area contributed by atoms with Crippen LogP contribution in [0.5, 0.6) is 5.75 Å². The summed E-state index contributed by atoms with van der Waals surface area (Å²) >= 11 is 0. The molecular formula is C17H23NO8. The highest BCUT2D eigenvalue weighted by Crippen LogP contribution is 2.35. The first-order valence-corrected chi connectivity index (χ1v) is 8.28. The molecule has 0 N–H and O–H groups in total. The summed E-state index contributed by atoms with van der Waals surface area (Å²) in [5.74, 6) is -0.319. The summed E-state index contributed by atoms with van der Waals surface area (Å²) in [5.41, 5.74) is -0.0173. The maximum absolute atomic E-state index is 10.8. The second kappa shape index (κ2) is 7.45. The molecule has 1 aromatic rings. The van der Waals surface area contributed by atoms with Crippen LogP contribution in [0, 0.1) is 10.1 Å². The van der Waals surface area contributed by atoms with Gasteiger partial charge in [0.15, 0.2) is 5.79 Å². The number of non-ortho nitro benzene ring substituents is 1. The number of nitrogens with zero attached hydrogens (tertiary/aromatic N) is 1. The molecule has 0 bridgehead atoms. The molecule has 9 heteroatoms. The summed E-state index contributed by atoms with van der Waals surface area (Å²) in [6, 6.07) is 5.76. The van der Waals surface area contributed by atoms with E-state index in [1.165, 1.54) is 31.4 Å². The zero-order valence-electron chi connectivity index (χ0n) is 15.1. The Balaban J connectivity index is 1.78. The van der Waals surface area contributed by atoms with Crippen molar-refractivity contribution in [2.45, 2.75) is 50.3 Å². The van der Waals surface area contributed by atoms with E-state index < -0.39 is 29.2 Å². The largest absolute Gasteiger partial charge is 0.462 e. The van der Waals surface area contributed by atoms with Gasteiger partial charge < -0.3 is 28.4 Å². The minimum atomic E-state index is -0.777. The maximum Gasteiger partial charge on any atom is 0.269 e. The minimum Gasteiger partial charge on any atom is -0.462 e. The average Bonchev–Trinajstić information content (AvgIpc) is 2.60. The number of rotatable bonds is 5. The molecule has 2 heterocycles. The van der Waals surface area contributed by atoms with Crippen LogP contribution in [0.2, 0.25) is 0 Å². The summed E-state index contributed by atoms with van der Waals surface area (Å²) in [4.78, 5) is 10.3. The predicted molar refractivity (Wildman–Crippen MR) is 88.9 cm³/mol. The van der Waals surface area contributed by atoms with Crippen LogP contribution in [-0.4, -0.2) is 62.2 Å². The van der Waals surface area contributed by atoms with Crippen molar-refractivity contribution < 1.29 is 33.3 Å². The Bertz CT molecular complexity index is 634. The molecule has 0 aliphatic carbocycles. The Morgan fingerprint density at radius 2 is 1.81 bits per heavy atom. The summed E-state index contributed by atoms with van der Waals surface area (Å²) in [6.07, 6.45) is -2.51. The summed E-state index contributed by atoms with van der Waals surface area (Å²) in [6.45, 7) is 3.99. The van der Waals surface area contributed by atoms with Crippen LogP contribution >= 0.6 is 0 Å². The van der Waals surface area contributed by atoms with E-state index in [1.54, 1.807) is 7.11 Å². The van der Waals surface area contributed by atoms with Crippen LogP contribution in [0.15, 0.2) is 24.3 Å². The minimum absolute atomic E-state index is 0.0173. The van der Waals surface area contributed by atoms with Gasteiger partial charge in [-0.1, -0.05) is 0 Å². The first kappa shape index (κ1) is 19.0. The Morgan fingerprint density at radius 1 is 1.15 bits per heavy atom. The lowest BCUT2D eigenvalue weighted by atomic mass is 9.97. The predicted octanol–water partition coefficient (Wildman–Crippen LogP) is 1.88. The van der Waals surface area contributed by atoms with Gasteiger partial charge in [0, 0.05) is 26.4 Å². The molecule has 144 valence electrons. The number of nitro benzene ring substituents is 1. The third kappa shape index (κ3) is 3.81. The Morgan fingerprint density at radius 3 is 2.38 bits per heavy atom. The fourth-order valence-corrected chi connectivity index (χ4v) is 3.19. The van der Waals surface area contributed by atoms with Gasteiger partial charge in [-0.3, -0.25) is 10.1 Å². The lowest BCUT2D eigenvalue weighted by Gasteiger charge is -2.50. The van der Waals surface area contributed by atoms with Crippen molar-refractivity contribution in [3.05, 3.63) is 34.4 Å². The van der Waals surface area contributed by atoms with E-state index in [4.69, 9.17) is 28.4 Å². The van der Waals surface area contributed by atoms with Crippen molar-refractivity contribution in [3.8, 4) is 5.75 Å². The molecule has 2 saturated heterocycles. The maximum atomic E-state index is 10.8. The van der Waals surface area contributed by atoms with E-state index in [-0.39, 0.29) is 17.9 Å². The Labute approximate surface area is 151 Å². The van der Waals surface area contributed by atoms with Crippen LogP contribution < -0.4 is 4.74 Å². The Kier molecular flexibility index (Phi) is 5.44. The SMILES string of the molecule is CO[C@H]1[C@H]2OC(C)(C)OC[C@H]2O[C@@H](Oc2ccc([N+](=O)[O-])cc2)[C@@H]1OC. The number of fused-ring (bicyclic) bond motifs is 1. The van der Waals surface area contributed by atoms with Gasteiger partial charge in [0.2, 0.25) is 6.29 Å². The molecule has 0 radical (unpaired) electrons. The summed E-state index contributed by atoms with van der Waals surface area (Å²) < 4.78 is 34.7. The molecular weight excluding hydrogens is 346 g/mol. The molecule has 0 unspecified atom stereocenters. The highest BCUT2D eigenvalue weighted by atomic mass is 16.8. The monoisotopic (exact) mass is 369 g/mol. The molecule has 0 saturated carbocycles. The number of benzene rings is 1. The number of hydrogen-bond acceptors (Lipinski definition) is 8. The van der Waals surface area contributed by atoms with Crippen molar-refractivity contribution in [1.29, 1.82) is 0 Å². The number of hydrogen-bond donors (Lipinski definition) is 0. The summed E-state index contributed by atoms with van der Waals surface area (Å²) in [5, 5.41) is 10.8. The zero-order chi connectivity index (χ0) is 18.9. The molecule has 26 heavy (non-hydrogen) atoms. The summed E-state index contributed by atoms with van der Waals surface area (Å²) in [7, 11) is 3.12. The lowest BCUT2D eigenvalue weighted by Crippen LogP contribution is -2.66. The Hall–Kier alpha value is -1.78. The van der Waals surface area contributed by atoms with Crippen LogP contribution in [0.3, 0.4) is 0 Å². The van der Waals surface area contributed by atoms with E-state index in [1.807, 2.05) is 13.8 Å². The van der Waals surface area contributed by atoms with Crippen molar-refractivity contribution in [2.24, 2.45) is 0 Å². The zero-order valence-corrected chi connectivity index (χ0v) is 15.1. The van der Waals surface area contributed by atoms with Gasteiger partial charge in [-0.05, 0) is 26.0 Å². The average molecular weight is 369 g/mol. The molecule has 0 spiro atoms. The number of nitro groups is 1. The van der Waals surface area contributed by atoms with E-state index in [0.717, 1.165) is 0 Å². The van der Waals surface area contributed by atoms with E-state index in [0.29, 0.717) is 12.4 Å². The molecule has 3 rings (SSSR count). The molecule has 2 fully saturated rings.